The minimum absolute atomic E-state index is 0.189. The number of benzene rings is 1. The molecule has 1 heterocycles. The van der Waals surface area contributed by atoms with Crippen LogP contribution >= 0.6 is 15.9 Å². The summed E-state index contributed by atoms with van der Waals surface area (Å²) >= 11 is 3.44. The van der Waals surface area contributed by atoms with Gasteiger partial charge in [0, 0.05) is 29.5 Å². The van der Waals surface area contributed by atoms with Gasteiger partial charge in [-0.05, 0) is 50.4 Å². The molecule has 1 aromatic rings. The van der Waals surface area contributed by atoms with Crippen LogP contribution in [0.25, 0.3) is 0 Å². The summed E-state index contributed by atoms with van der Waals surface area (Å²) in [6.07, 6.45) is 2.65. The Labute approximate surface area is 136 Å². The van der Waals surface area contributed by atoms with Gasteiger partial charge < -0.3 is 10.2 Å². The molecule has 1 fully saturated rings. The van der Waals surface area contributed by atoms with Gasteiger partial charge >= 0.3 is 0 Å². The van der Waals surface area contributed by atoms with Crippen molar-refractivity contribution in [1.29, 1.82) is 0 Å². The Morgan fingerprint density at radius 2 is 1.90 bits per heavy atom. The van der Waals surface area contributed by atoms with Crippen molar-refractivity contribution in [2.75, 3.05) is 20.1 Å². The van der Waals surface area contributed by atoms with Gasteiger partial charge in [0.05, 0.1) is 0 Å². The fourth-order valence-electron chi connectivity index (χ4n) is 2.80. The number of likely N-dealkylation sites (tertiary alicyclic amines) is 1. The SMILES string of the molecule is CNC1(C)CCN(C(=O)CC(C)c2ccc(Br)cc2)CC1. The van der Waals surface area contributed by atoms with Crippen LogP contribution in [0.3, 0.4) is 0 Å². The maximum absolute atomic E-state index is 12.4. The van der Waals surface area contributed by atoms with Crippen molar-refractivity contribution in [2.24, 2.45) is 0 Å². The van der Waals surface area contributed by atoms with E-state index < -0.39 is 0 Å². The zero-order valence-electron chi connectivity index (χ0n) is 13.2. The zero-order chi connectivity index (χ0) is 15.5. The number of nitrogens with zero attached hydrogens (tertiary/aromatic N) is 1. The molecule has 116 valence electrons. The van der Waals surface area contributed by atoms with Crippen molar-refractivity contribution in [2.45, 2.75) is 44.6 Å². The zero-order valence-corrected chi connectivity index (χ0v) is 14.7. The fourth-order valence-corrected chi connectivity index (χ4v) is 3.06. The first-order valence-corrected chi connectivity index (χ1v) is 8.45. The van der Waals surface area contributed by atoms with Crippen molar-refractivity contribution >= 4 is 21.8 Å². The lowest BCUT2D eigenvalue weighted by Gasteiger charge is -2.39. The fraction of sp³-hybridized carbons (Fsp3) is 0.588. The molecule has 1 N–H and O–H groups in total. The van der Waals surface area contributed by atoms with Crippen LogP contribution in [0.15, 0.2) is 28.7 Å². The molecule has 1 saturated heterocycles. The summed E-state index contributed by atoms with van der Waals surface area (Å²) in [5.41, 5.74) is 1.41. The molecule has 0 radical (unpaired) electrons. The van der Waals surface area contributed by atoms with Gasteiger partial charge in [0.15, 0.2) is 0 Å². The molecule has 1 amide bonds. The predicted octanol–water partition coefficient (Wildman–Crippen LogP) is 3.54. The van der Waals surface area contributed by atoms with E-state index in [0.717, 1.165) is 30.4 Å². The number of piperidine rings is 1. The molecular formula is C17H25BrN2O. The summed E-state index contributed by atoms with van der Waals surface area (Å²) in [4.78, 5) is 14.5. The smallest absolute Gasteiger partial charge is 0.223 e. The number of carbonyl (C=O) groups is 1. The molecule has 1 aliphatic rings. The number of nitrogens with one attached hydrogen (secondary N) is 1. The quantitative estimate of drug-likeness (QED) is 0.898. The molecule has 3 nitrogen and oxygen atoms in total. The first-order chi connectivity index (χ1) is 9.93. The third kappa shape index (κ3) is 4.30. The van der Waals surface area contributed by atoms with Crippen molar-refractivity contribution in [3.8, 4) is 0 Å². The number of halogens is 1. The lowest BCUT2D eigenvalue weighted by atomic mass is 9.89. The normalized spacial score (nSPS) is 19.3. The van der Waals surface area contributed by atoms with Gasteiger partial charge in [0.25, 0.3) is 0 Å². The highest BCUT2D eigenvalue weighted by Gasteiger charge is 2.30. The van der Waals surface area contributed by atoms with Gasteiger partial charge in [-0.2, -0.15) is 0 Å². The second-order valence-electron chi connectivity index (χ2n) is 6.35. The standard InChI is InChI=1S/C17H25BrN2O/c1-13(14-4-6-15(18)7-5-14)12-16(21)20-10-8-17(2,19-3)9-11-20/h4-7,13,19H,8-12H2,1-3H3. The first-order valence-electron chi connectivity index (χ1n) is 7.66. The van der Waals surface area contributed by atoms with Gasteiger partial charge in [-0.1, -0.05) is 35.0 Å². The third-order valence-corrected chi connectivity index (χ3v) is 5.27. The average Bonchev–Trinajstić information content (AvgIpc) is 2.48. The molecule has 1 unspecified atom stereocenters. The summed E-state index contributed by atoms with van der Waals surface area (Å²) in [5, 5.41) is 3.37. The highest BCUT2D eigenvalue weighted by atomic mass is 79.9. The van der Waals surface area contributed by atoms with Crippen molar-refractivity contribution in [1.82, 2.24) is 10.2 Å². The summed E-state index contributed by atoms with van der Waals surface area (Å²) < 4.78 is 1.08. The average molecular weight is 353 g/mol. The van der Waals surface area contributed by atoms with E-state index in [1.165, 1.54) is 5.56 Å². The second kappa shape index (κ2) is 6.93. The number of hydrogen-bond donors (Lipinski definition) is 1. The van der Waals surface area contributed by atoms with Crippen LogP contribution in [-0.4, -0.2) is 36.5 Å². The van der Waals surface area contributed by atoms with Crippen LogP contribution in [-0.2, 0) is 4.79 Å². The Hall–Kier alpha value is -0.870. The summed E-state index contributed by atoms with van der Waals surface area (Å²) in [6, 6.07) is 8.26. The molecule has 0 spiro atoms. The molecule has 1 aliphatic heterocycles. The molecule has 0 aliphatic carbocycles. The Balaban J connectivity index is 1.88. The van der Waals surface area contributed by atoms with E-state index in [4.69, 9.17) is 0 Å². The molecule has 1 aromatic carbocycles. The Morgan fingerprint density at radius 3 is 2.43 bits per heavy atom. The molecule has 21 heavy (non-hydrogen) atoms. The van der Waals surface area contributed by atoms with E-state index in [-0.39, 0.29) is 17.4 Å². The predicted molar refractivity (Wildman–Crippen MR) is 90.5 cm³/mol. The molecule has 0 saturated carbocycles. The van der Waals surface area contributed by atoms with Crippen LogP contribution in [0.2, 0.25) is 0 Å². The molecule has 1 atom stereocenters. The minimum Gasteiger partial charge on any atom is -0.343 e. The van der Waals surface area contributed by atoms with E-state index in [0.29, 0.717) is 6.42 Å². The summed E-state index contributed by atoms with van der Waals surface area (Å²) in [6.45, 7) is 6.09. The second-order valence-corrected chi connectivity index (χ2v) is 7.26. The Bertz CT molecular complexity index is 478. The highest BCUT2D eigenvalue weighted by molar-refractivity contribution is 9.10. The van der Waals surface area contributed by atoms with Crippen LogP contribution in [0.5, 0.6) is 0 Å². The number of amides is 1. The summed E-state index contributed by atoms with van der Waals surface area (Å²) in [5.74, 6) is 0.548. The maximum atomic E-state index is 12.4. The van der Waals surface area contributed by atoms with E-state index in [1.54, 1.807) is 0 Å². The summed E-state index contributed by atoms with van der Waals surface area (Å²) in [7, 11) is 2.01. The lowest BCUT2D eigenvalue weighted by molar-refractivity contribution is -0.133. The Morgan fingerprint density at radius 1 is 1.33 bits per heavy atom. The van der Waals surface area contributed by atoms with Crippen LogP contribution in [0.4, 0.5) is 0 Å². The van der Waals surface area contributed by atoms with Gasteiger partial charge in [0.1, 0.15) is 0 Å². The van der Waals surface area contributed by atoms with E-state index in [9.17, 15) is 4.79 Å². The maximum Gasteiger partial charge on any atom is 0.223 e. The first kappa shape index (κ1) is 16.5. The monoisotopic (exact) mass is 352 g/mol. The molecular weight excluding hydrogens is 328 g/mol. The lowest BCUT2D eigenvalue weighted by Crippen LogP contribution is -2.51. The van der Waals surface area contributed by atoms with Gasteiger partial charge in [-0.3, -0.25) is 4.79 Å². The van der Waals surface area contributed by atoms with Gasteiger partial charge in [-0.25, -0.2) is 0 Å². The van der Waals surface area contributed by atoms with Crippen LogP contribution in [0, 0.1) is 0 Å². The van der Waals surface area contributed by atoms with Crippen molar-refractivity contribution in [3.63, 3.8) is 0 Å². The Kier molecular flexibility index (Phi) is 5.44. The topological polar surface area (TPSA) is 32.3 Å². The molecule has 2 rings (SSSR count). The van der Waals surface area contributed by atoms with Gasteiger partial charge in [-0.15, -0.1) is 0 Å². The minimum atomic E-state index is 0.189. The highest BCUT2D eigenvalue weighted by Crippen LogP contribution is 2.25. The van der Waals surface area contributed by atoms with Crippen LogP contribution in [0.1, 0.15) is 44.6 Å². The van der Waals surface area contributed by atoms with E-state index in [2.05, 4.69) is 47.2 Å². The number of carbonyl (C=O) groups excluding carboxylic acids is 1. The molecule has 0 bridgehead atoms. The number of hydrogen-bond acceptors (Lipinski definition) is 2. The van der Waals surface area contributed by atoms with Crippen LogP contribution < -0.4 is 5.32 Å². The van der Waals surface area contributed by atoms with Gasteiger partial charge in [0.2, 0.25) is 5.91 Å². The third-order valence-electron chi connectivity index (χ3n) is 4.74. The van der Waals surface area contributed by atoms with E-state index >= 15 is 0 Å². The largest absolute Gasteiger partial charge is 0.343 e. The van der Waals surface area contributed by atoms with Crippen molar-refractivity contribution in [3.05, 3.63) is 34.3 Å². The van der Waals surface area contributed by atoms with E-state index in [1.807, 2.05) is 24.1 Å². The van der Waals surface area contributed by atoms with Crippen molar-refractivity contribution < 1.29 is 4.79 Å². The molecule has 4 heteroatoms. The molecule has 0 aromatic heterocycles. The number of rotatable bonds is 4.